The molecule has 50 valence electrons. The minimum absolute atomic E-state index is 0.812. The summed E-state index contributed by atoms with van der Waals surface area (Å²) in [6, 6.07) is 0. The summed E-state index contributed by atoms with van der Waals surface area (Å²) in [6.45, 7) is 1.80. The third-order valence-electron chi connectivity index (χ3n) is 0.993. The number of hydrogen-bond donors (Lipinski definition) is 3. The van der Waals surface area contributed by atoms with Gasteiger partial charge in [0.15, 0.2) is 0 Å². The monoisotopic (exact) mass is 134 g/mol. The average Bonchev–Trinajstić information content (AvgIpc) is 1.81. The number of nitrogens with one attached hydrogen (secondary N) is 1. The Bertz CT molecular complexity index is 35.4. The maximum atomic E-state index is 5.27. The standard InChI is InChI=1S/C5H14N2S/c6-4-2-1-3-5-7-8/h7-8H,1-6H2. The Kier molecular flexibility index (Phi) is 7.52. The summed E-state index contributed by atoms with van der Waals surface area (Å²) in [5, 5.41) is 0. The van der Waals surface area contributed by atoms with Crippen molar-refractivity contribution in [3.63, 3.8) is 0 Å². The van der Waals surface area contributed by atoms with Crippen LogP contribution in [0.5, 0.6) is 0 Å². The molecule has 0 aliphatic carbocycles. The molecule has 0 aromatic rings. The van der Waals surface area contributed by atoms with Crippen LogP contribution in [-0.4, -0.2) is 13.1 Å². The number of nitrogens with two attached hydrogens (primary N) is 1. The fourth-order valence-corrected chi connectivity index (χ4v) is 0.683. The van der Waals surface area contributed by atoms with E-state index in [9.17, 15) is 0 Å². The first kappa shape index (κ1) is 8.27. The van der Waals surface area contributed by atoms with E-state index < -0.39 is 0 Å². The molecule has 0 aromatic carbocycles. The summed E-state index contributed by atoms with van der Waals surface area (Å²) in [5.41, 5.74) is 5.27. The normalized spacial score (nSPS) is 9.75. The zero-order chi connectivity index (χ0) is 6.24. The maximum absolute atomic E-state index is 5.27. The van der Waals surface area contributed by atoms with E-state index in [1.54, 1.807) is 0 Å². The quantitative estimate of drug-likeness (QED) is 0.379. The lowest BCUT2D eigenvalue weighted by molar-refractivity contribution is 0.682. The van der Waals surface area contributed by atoms with Gasteiger partial charge in [-0.3, -0.25) is 4.72 Å². The fourth-order valence-electron chi connectivity index (χ4n) is 0.525. The predicted octanol–water partition coefficient (Wildman–Crippen LogP) is 0.550. The van der Waals surface area contributed by atoms with Gasteiger partial charge in [-0.1, -0.05) is 19.2 Å². The van der Waals surface area contributed by atoms with Crippen molar-refractivity contribution in [3.8, 4) is 0 Å². The summed E-state index contributed by atoms with van der Waals surface area (Å²) >= 11 is 3.84. The molecule has 8 heavy (non-hydrogen) atoms. The number of hydrogen-bond acceptors (Lipinski definition) is 3. The van der Waals surface area contributed by atoms with Gasteiger partial charge in [0.2, 0.25) is 0 Å². The molecule has 0 aliphatic rings. The second kappa shape index (κ2) is 7.27. The van der Waals surface area contributed by atoms with Crippen molar-refractivity contribution in [2.75, 3.05) is 13.1 Å². The van der Waals surface area contributed by atoms with Gasteiger partial charge in [0.25, 0.3) is 0 Å². The van der Waals surface area contributed by atoms with E-state index in [4.69, 9.17) is 5.73 Å². The van der Waals surface area contributed by atoms with Gasteiger partial charge in [0.1, 0.15) is 0 Å². The van der Waals surface area contributed by atoms with E-state index in [1.165, 1.54) is 12.8 Å². The molecule has 0 unspecified atom stereocenters. The number of rotatable bonds is 5. The van der Waals surface area contributed by atoms with Crippen LogP contribution in [0.4, 0.5) is 0 Å². The Morgan fingerprint density at radius 1 is 1.25 bits per heavy atom. The van der Waals surface area contributed by atoms with E-state index in [1.807, 2.05) is 0 Å². The SMILES string of the molecule is NCCCCCNS. The van der Waals surface area contributed by atoms with Gasteiger partial charge in [0.05, 0.1) is 0 Å². The Morgan fingerprint density at radius 3 is 2.50 bits per heavy atom. The summed E-state index contributed by atoms with van der Waals surface area (Å²) in [4.78, 5) is 0. The minimum atomic E-state index is 0.812. The van der Waals surface area contributed by atoms with Crippen molar-refractivity contribution in [1.29, 1.82) is 0 Å². The predicted molar refractivity (Wildman–Crippen MR) is 39.9 cm³/mol. The molecule has 0 radical (unpaired) electrons. The molecule has 0 amide bonds. The molecule has 0 atom stereocenters. The highest BCUT2D eigenvalue weighted by molar-refractivity contribution is 7.78. The van der Waals surface area contributed by atoms with Crippen LogP contribution in [0.3, 0.4) is 0 Å². The van der Waals surface area contributed by atoms with Gasteiger partial charge in [-0.05, 0) is 19.4 Å². The zero-order valence-corrected chi connectivity index (χ0v) is 5.95. The molecule has 0 bridgehead atoms. The Morgan fingerprint density at radius 2 is 2.00 bits per heavy atom. The summed E-state index contributed by atoms with van der Waals surface area (Å²) in [7, 11) is 0. The third-order valence-corrected chi connectivity index (χ3v) is 1.22. The van der Waals surface area contributed by atoms with E-state index in [0.29, 0.717) is 0 Å². The van der Waals surface area contributed by atoms with Gasteiger partial charge >= 0.3 is 0 Å². The van der Waals surface area contributed by atoms with E-state index in [-0.39, 0.29) is 0 Å². The highest BCUT2D eigenvalue weighted by Gasteiger charge is 1.83. The molecule has 0 rings (SSSR count). The third kappa shape index (κ3) is 6.27. The molecule has 0 aromatic heterocycles. The smallest absolute Gasteiger partial charge is 0.00561 e. The summed E-state index contributed by atoms with van der Waals surface area (Å²) in [5.74, 6) is 0. The molecular weight excluding hydrogens is 120 g/mol. The molecule has 0 saturated carbocycles. The lowest BCUT2D eigenvalue weighted by Crippen LogP contribution is -2.03. The minimum Gasteiger partial charge on any atom is -0.330 e. The molecule has 0 spiro atoms. The molecule has 0 saturated heterocycles. The first-order chi connectivity index (χ1) is 3.91. The lowest BCUT2D eigenvalue weighted by Gasteiger charge is -1.95. The van der Waals surface area contributed by atoms with Crippen LogP contribution in [0.25, 0.3) is 0 Å². The molecule has 2 nitrogen and oxygen atoms in total. The van der Waals surface area contributed by atoms with Crippen LogP contribution in [-0.2, 0) is 0 Å². The Hall–Kier alpha value is 0.270. The van der Waals surface area contributed by atoms with Crippen molar-refractivity contribution in [1.82, 2.24) is 4.72 Å². The first-order valence-electron chi connectivity index (χ1n) is 2.99. The van der Waals surface area contributed by atoms with Crippen LogP contribution >= 0.6 is 12.8 Å². The fraction of sp³-hybridized carbons (Fsp3) is 1.00. The van der Waals surface area contributed by atoms with Gasteiger partial charge in [-0.15, -0.1) is 0 Å². The summed E-state index contributed by atoms with van der Waals surface area (Å²) in [6.07, 6.45) is 3.53. The largest absolute Gasteiger partial charge is 0.330 e. The lowest BCUT2D eigenvalue weighted by atomic mass is 10.2. The molecule has 0 aliphatic heterocycles. The molecule has 0 fully saturated rings. The van der Waals surface area contributed by atoms with Crippen molar-refractivity contribution in [3.05, 3.63) is 0 Å². The van der Waals surface area contributed by atoms with Crippen LogP contribution in [0.2, 0.25) is 0 Å². The maximum Gasteiger partial charge on any atom is 0.00561 e. The van der Waals surface area contributed by atoms with Crippen molar-refractivity contribution < 1.29 is 0 Å². The zero-order valence-electron chi connectivity index (χ0n) is 5.06. The van der Waals surface area contributed by atoms with Gasteiger partial charge in [-0.2, -0.15) is 0 Å². The number of thiol groups is 1. The first-order valence-corrected chi connectivity index (χ1v) is 3.43. The van der Waals surface area contributed by atoms with Gasteiger partial charge < -0.3 is 5.73 Å². The average molecular weight is 134 g/mol. The molecule has 0 heterocycles. The van der Waals surface area contributed by atoms with Crippen molar-refractivity contribution in [2.45, 2.75) is 19.3 Å². The van der Waals surface area contributed by atoms with Crippen LogP contribution < -0.4 is 10.5 Å². The van der Waals surface area contributed by atoms with Gasteiger partial charge in [-0.25, -0.2) is 0 Å². The van der Waals surface area contributed by atoms with Crippen LogP contribution in [0.1, 0.15) is 19.3 Å². The van der Waals surface area contributed by atoms with E-state index in [2.05, 4.69) is 17.5 Å². The second-order valence-electron chi connectivity index (χ2n) is 1.76. The molecule has 3 N–H and O–H groups in total. The highest BCUT2D eigenvalue weighted by Crippen LogP contribution is 1.90. The Balaban J connectivity index is 2.53. The highest BCUT2D eigenvalue weighted by atomic mass is 32.1. The van der Waals surface area contributed by atoms with Crippen LogP contribution in [0, 0.1) is 0 Å². The molecule has 3 heteroatoms. The summed E-state index contributed by atoms with van der Waals surface area (Å²) < 4.78 is 2.78. The van der Waals surface area contributed by atoms with Crippen molar-refractivity contribution in [2.24, 2.45) is 5.73 Å². The van der Waals surface area contributed by atoms with Crippen LogP contribution in [0.15, 0.2) is 0 Å². The molecular formula is C5H14N2S. The number of unbranched alkanes of at least 4 members (excludes halogenated alkanes) is 2. The van der Waals surface area contributed by atoms with Gasteiger partial charge in [0, 0.05) is 6.54 Å². The van der Waals surface area contributed by atoms with Crippen molar-refractivity contribution >= 4 is 12.8 Å². The Labute approximate surface area is 56.4 Å². The van der Waals surface area contributed by atoms with E-state index >= 15 is 0 Å². The second-order valence-corrected chi connectivity index (χ2v) is 2.07. The topological polar surface area (TPSA) is 38.0 Å². The van der Waals surface area contributed by atoms with E-state index in [0.717, 1.165) is 19.5 Å².